The average molecular weight is 354 g/mol. The molecule has 0 heterocycles. The van der Waals surface area contributed by atoms with Crippen LogP contribution in [0.4, 0.5) is 5.69 Å². The summed E-state index contributed by atoms with van der Waals surface area (Å²) in [6.45, 7) is 0.623. The Morgan fingerprint density at radius 1 is 1.25 bits per heavy atom. The standard InChI is InChI=1S/C15H14BrClN2O/c1-18-15(20)10-6-7-13(17)14(8-10)19-9-11-4-2-3-5-12(11)16/h2-8,19H,9H2,1H3,(H,18,20). The smallest absolute Gasteiger partial charge is 0.251 e. The summed E-state index contributed by atoms with van der Waals surface area (Å²) in [6, 6.07) is 13.1. The van der Waals surface area contributed by atoms with Crippen molar-refractivity contribution < 1.29 is 4.79 Å². The molecule has 3 nitrogen and oxygen atoms in total. The maximum absolute atomic E-state index is 11.6. The lowest BCUT2D eigenvalue weighted by Crippen LogP contribution is -2.17. The van der Waals surface area contributed by atoms with Crippen molar-refractivity contribution in [3.8, 4) is 0 Å². The van der Waals surface area contributed by atoms with E-state index in [0.29, 0.717) is 17.1 Å². The van der Waals surface area contributed by atoms with Gasteiger partial charge in [-0.05, 0) is 29.8 Å². The maximum atomic E-state index is 11.6. The molecule has 0 aromatic heterocycles. The fourth-order valence-electron chi connectivity index (χ4n) is 1.78. The van der Waals surface area contributed by atoms with E-state index in [-0.39, 0.29) is 5.91 Å². The summed E-state index contributed by atoms with van der Waals surface area (Å²) in [5.41, 5.74) is 2.43. The van der Waals surface area contributed by atoms with E-state index in [1.807, 2.05) is 24.3 Å². The first-order valence-corrected chi connectivity index (χ1v) is 7.28. The lowest BCUT2D eigenvalue weighted by Gasteiger charge is -2.11. The highest BCUT2D eigenvalue weighted by Gasteiger charge is 2.07. The number of rotatable bonds is 4. The number of carbonyl (C=O) groups is 1. The fraction of sp³-hybridized carbons (Fsp3) is 0.133. The summed E-state index contributed by atoms with van der Waals surface area (Å²) in [5, 5.41) is 6.43. The van der Waals surface area contributed by atoms with Crippen molar-refractivity contribution in [1.29, 1.82) is 0 Å². The van der Waals surface area contributed by atoms with Gasteiger partial charge in [-0.3, -0.25) is 4.79 Å². The van der Waals surface area contributed by atoms with Gasteiger partial charge in [0.1, 0.15) is 0 Å². The monoisotopic (exact) mass is 352 g/mol. The number of amides is 1. The minimum absolute atomic E-state index is 0.134. The maximum Gasteiger partial charge on any atom is 0.251 e. The second-order valence-corrected chi connectivity index (χ2v) is 5.48. The van der Waals surface area contributed by atoms with Gasteiger partial charge in [0.15, 0.2) is 0 Å². The van der Waals surface area contributed by atoms with Crippen LogP contribution in [0.25, 0.3) is 0 Å². The second kappa shape index (κ2) is 6.77. The van der Waals surface area contributed by atoms with Crippen molar-refractivity contribution in [2.45, 2.75) is 6.54 Å². The predicted molar refractivity (Wildman–Crippen MR) is 86.3 cm³/mol. The first-order valence-electron chi connectivity index (χ1n) is 6.10. The van der Waals surface area contributed by atoms with Gasteiger partial charge in [-0.2, -0.15) is 0 Å². The second-order valence-electron chi connectivity index (χ2n) is 4.22. The summed E-state index contributed by atoms with van der Waals surface area (Å²) < 4.78 is 1.03. The molecular formula is C15H14BrClN2O. The Balaban J connectivity index is 2.17. The molecule has 2 aromatic rings. The molecule has 104 valence electrons. The molecule has 2 N–H and O–H groups in total. The van der Waals surface area contributed by atoms with E-state index < -0.39 is 0 Å². The Hall–Kier alpha value is -1.52. The van der Waals surface area contributed by atoms with Crippen LogP contribution in [0.1, 0.15) is 15.9 Å². The number of halogens is 2. The number of carbonyl (C=O) groups excluding carboxylic acids is 1. The summed E-state index contributed by atoms with van der Waals surface area (Å²) in [7, 11) is 1.60. The highest BCUT2D eigenvalue weighted by Crippen LogP contribution is 2.25. The third-order valence-electron chi connectivity index (χ3n) is 2.88. The third-order valence-corrected chi connectivity index (χ3v) is 3.99. The molecule has 2 rings (SSSR count). The highest BCUT2D eigenvalue weighted by molar-refractivity contribution is 9.10. The first kappa shape index (κ1) is 14.9. The summed E-state index contributed by atoms with van der Waals surface area (Å²) in [6.07, 6.45) is 0. The average Bonchev–Trinajstić information content (AvgIpc) is 2.47. The van der Waals surface area contributed by atoms with Gasteiger partial charge in [0.25, 0.3) is 5.91 Å². The van der Waals surface area contributed by atoms with Crippen LogP contribution in [-0.4, -0.2) is 13.0 Å². The van der Waals surface area contributed by atoms with Crippen LogP contribution in [0, 0.1) is 0 Å². The Morgan fingerprint density at radius 3 is 2.70 bits per heavy atom. The lowest BCUT2D eigenvalue weighted by atomic mass is 10.1. The van der Waals surface area contributed by atoms with Gasteiger partial charge < -0.3 is 10.6 Å². The molecule has 0 aliphatic heterocycles. The molecule has 0 saturated carbocycles. The Morgan fingerprint density at radius 2 is 2.00 bits per heavy atom. The molecule has 2 aromatic carbocycles. The highest BCUT2D eigenvalue weighted by atomic mass is 79.9. The van der Waals surface area contributed by atoms with E-state index in [2.05, 4.69) is 26.6 Å². The van der Waals surface area contributed by atoms with Gasteiger partial charge in [0.05, 0.1) is 10.7 Å². The molecule has 0 fully saturated rings. The molecule has 0 bridgehead atoms. The Kier molecular flexibility index (Phi) is 5.04. The van der Waals surface area contributed by atoms with Crippen LogP contribution in [0.2, 0.25) is 5.02 Å². The van der Waals surface area contributed by atoms with Crippen LogP contribution in [0.15, 0.2) is 46.9 Å². The number of nitrogens with one attached hydrogen (secondary N) is 2. The number of hydrogen-bond donors (Lipinski definition) is 2. The molecule has 0 radical (unpaired) electrons. The van der Waals surface area contributed by atoms with Gasteiger partial charge in [0.2, 0.25) is 0 Å². The van der Waals surface area contributed by atoms with Crippen molar-refractivity contribution in [2.24, 2.45) is 0 Å². The number of benzene rings is 2. The van der Waals surface area contributed by atoms with E-state index in [4.69, 9.17) is 11.6 Å². The zero-order valence-corrected chi connectivity index (χ0v) is 13.3. The van der Waals surface area contributed by atoms with Crippen LogP contribution in [0.3, 0.4) is 0 Å². The largest absolute Gasteiger partial charge is 0.380 e. The molecule has 20 heavy (non-hydrogen) atoms. The van der Waals surface area contributed by atoms with Crippen molar-refractivity contribution in [3.05, 3.63) is 63.1 Å². The van der Waals surface area contributed by atoms with Crippen LogP contribution in [0.5, 0.6) is 0 Å². The molecule has 0 spiro atoms. The molecule has 1 amide bonds. The SMILES string of the molecule is CNC(=O)c1ccc(Cl)c(NCc2ccccc2Br)c1. The van der Waals surface area contributed by atoms with E-state index in [0.717, 1.165) is 15.7 Å². The van der Waals surface area contributed by atoms with E-state index in [9.17, 15) is 4.79 Å². The number of anilines is 1. The minimum Gasteiger partial charge on any atom is -0.380 e. The van der Waals surface area contributed by atoms with Crippen molar-refractivity contribution in [2.75, 3.05) is 12.4 Å². The van der Waals surface area contributed by atoms with E-state index in [1.54, 1.807) is 25.2 Å². The normalized spacial score (nSPS) is 10.2. The van der Waals surface area contributed by atoms with Gasteiger partial charge >= 0.3 is 0 Å². The van der Waals surface area contributed by atoms with Crippen molar-refractivity contribution in [1.82, 2.24) is 5.32 Å². The zero-order chi connectivity index (χ0) is 14.5. The van der Waals surface area contributed by atoms with Gasteiger partial charge in [-0.15, -0.1) is 0 Å². The first-order chi connectivity index (χ1) is 9.61. The quantitative estimate of drug-likeness (QED) is 0.870. The fourth-order valence-corrected chi connectivity index (χ4v) is 2.39. The molecule has 0 saturated heterocycles. The molecule has 0 atom stereocenters. The van der Waals surface area contributed by atoms with Crippen molar-refractivity contribution in [3.63, 3.8) is 0 Å². The molecule has 0 aliphatic carbocycles. The Bertz CT molecular complexity index is 631. The van der Waals surface area contributed by atoms with Gasteiger partial charge in [-0.25, -0.2) is 0 Å². The van der Waals surface area contributed by atoms with Crippen LogP contribution >= 0.6 is 27.5 Å². The summed E-state index contributed by atoms with van der Waals surface area (Å²) in [5.74, 6) is -0.134. The third kappa shape index (κ3) is 3.52. The Labute approximate surface area is 131 Å². The van der Waals surface area contributed by atoms with E-state index >= 15 is 0 Å². The molecule has 0 unspecified atom stereocenters. The topological polar surface area (TPSA) is 41.1 Å². The van der Waals surface area contributed by atoms with Gasteiger partial charge in [0, 0.05) is 23.6 Å². The predicted octanol–water partition coefficient (Wildman–Crippen LogP) is 4.07. The molecular weight excluding hydrogens is 340 g/mol. The molecule has 0 aliphatic rings. The molecule has 5 heteroatoms. The van der Waals surface area contributed by atoms with Crippen molar-refractivity contribution >= 4 is 39.1 Å². The van der Waals surface area contributed by atoms with Crippen LogP contribution in [-0.2, 0) is 6.54 Å². The number of hydrogen-bond acceptors (Lipinski definition) is 2. The van der Waals surface area contributed by atoms with E-state index in [1.165, 1.54) is 0 Å². The lowest BCUT2D eigenvalue weighted by molar-refractivity contribution is 0.0963. The van der Waals surface area contributed by atoms with Gasteiger partial charge in [-0.1, -0.05) is 45.7 Å². The summed E-state index contributed by atoms with van der Waals surface area (Å²) >= 11 is 9.64. The minimum atomic E-state index is -0.134. The summed E-state index contributed by atoms with van der Waals surface area (Å²) in [4.78, 5) is 11.6. The zero-order valence-electron chi connectivity index (χ0n) is 10.9. The van der Waals surface area contributed by atoms with Crippen LogP contribution < -0.4 is 10.6 Å².